The maximum atomic E-state index is 13.7. The number of anilines is 2. The highest BCUT2D eigenvalue weighted by atomic mass is 35.5. The fourth-order valence-electron chi connectivity index (χ4n) is 7.38. The van der Waals surface area contributed by atoms with E-state index in [1.165, 1.54) is 12.4 Å². The summed E-state index contributed by atoms with van der Waals surface area (Å²) in [5.74, 6) is 0.438. The van der Waals surface area contributed by atoms with Crippen LogP contribution in [0.3, 0.4) is 0 Å². The molecule has 2 amide bonds. The molecule has 3 aliphatic heterocycles. The second-order valence-electron chi connectivity index (χ2n) is 11.4. The molecule has 0 radical (unpaired) electrons. The van der Waals surface area contributed by atoms with Crippen LogP contribution in [-0.2, 0) is 28.0 Å². The van der Waals surface area contributed by atoms with Crippen LogP contribution in [0.1, 0.15) is 59.5 Å². The molecule has 1 saturated carbocycles. The largest absolute Gasteiger partial charge is 0.374 e. The van der Waals surface area contributed by atoms with Gasteiger partial charge in [-0.3, -0.25) is 19.0 Å². The van der Waals surface area contributed by atoms with Crippen LogP contribution < -0.4 is 16.2 Å². The minimum absolute atomic E-state index is 0.0397. The molecule has 1 spiro atoms. The number of halogens is 1. The summed E-state index contributed by atoms with van der Waals surface area (Å²) in [7, 11) is 0. The zero-order valence-electron chi connectivity index (χ0n) is 21.2. The quantitative estimate of drug-likeness (QED) is 0.499. The van der Waals surface area contributed by atoms with Gasteiger partial charge in [-0.2, -0.15) is 0 Å². The van der Waals surface area contributed by atoms with Crippen LogP contribution >= 0.6 is 22.9 Å². The third-order valence-corrected chi connectivity index (χ3v) is 10.7. The van der Waals surface area contributed by atoms with Gasteiger partial charge < -0.3 is 20.3 Å². The van der Waals surface area contributed by atoms with Crippen LogP contribution in [0, 0.1) is 5.92 Å². The summed E-state index contributed by atoms with van der Waals surface area (Å²) in [5, 5.41) is 7.40. The van der Waals surface area contributed by atoms with Gasteiger partial charge in [-0.15, -0.1) is 11.3 Å². The number of hydrogen-bond acceptors (Lipinski definition) is 8. The molecule has 39 heavy (non-hydrogen) atoms. The predicted octanol–water partition coefficient (Wildman–Crippen LogP) is 3.32. The Bertz CT molecular complexity index is 1630. The second kappa shape index (κ2) is 8.49. The summed E-state index contributed by atoms with van der Waals surface area (Å²) in [6, 6.07) is 1.75. The van der Waals surface area contributed by atoms with Gasteiger partial charge >= 0.3 is 0 Å². The van der Waals surface area contributed by atoms with E-state index < -0.39 is 5.66 Å². The number of carbonyl (C=O) groups excluding carboxylic acids is 2. The van der Waals surface area contributed by atoms with E-state index in [0.29, 0.717) is 38.2 Å². The van der Waals surface area contributed by atoms with E-state index in [9.17, 15) is 14.4 Å². The van der Waals surface area contributed by atoms with Crippen molar-refractivity contribution in [2.24, 2.45) is 5.92 Å². The number of aryl methyl sites for hydroxylation is 1. The molecular formula is C27H27ClN6O4S. The molecular weight excluding hydrogens is 540 g/mol. The summed E-state index contributed by atoms with van der Waals surface area (Å²) in [4.78, 5) is 52.9. The Labute approximate surface area is 232 Å². The van der Waals surface area contributed by atoms with Crippen molar-refractivity contribution in [2.45, 2.75) is 69.2 Å². The van der Waals surface area contributed by atoms with Gasteiger partial charge in [0.25, 0.3) is 11.5 Å². The number of amides is 2. The summed E-state index contributed by atoms with van der Waals surface area (Å²) in [6.07, 6.45) is 8.12. The van der Waals surface area contributed by atoms with E-state index in [2.05, 4.69) is 20.6 Å². The molecule has 3 atom stereocenters. The smallest absolute Gasteiger partial charge is 0.276 e. The van der Waals surface area contributed by atoms with Crippen LogP contribution in [0.4, 0.5) is 11.5 Å². The van der Waals surface area contributed by atoms with Crippen molar-refractivity contribution in [1.29, 1.82) is 0 Å². The van der Waals surface area contributed by atoms with Crippen molar-refractivity contribution in [2.75, 3.05) is 18.5 Å². The van der Waals surface area contributed by atoms with Crippen molar-refractivity contribution in [3.63, 3.8) is 0 Å². The van der Waals surface area contributed by atoms with Crippen molar-refractivity contribution >= 4 is 56.5 Å². The lowest BCUT2D eigenvalue weighted by Crippen LogP contribution is -2.45. The average molecular weight is 567 g/mol. The molecule has 0 unspecified atom stereocenters. The van der Waals surface area contributed by atoms with Crippen LogP contribution in [0.5, 0.6) is 0 Å². The van der Waals surface area contributed by atoms with Gasteiger partial charge in [-0.05, 0) is 63.0 Å². The van der Waals surface area contributed by atoms with E-state index in [-0.39, 0.29) is 51.8 Å². The molecule has 3 fully saturated rings. The molecule has 8 rings (SSSR count). The molecule has 2 N–H and O–H groups in total. The number of ether oxygens (including phenoxy) is 1. The minimum atomic E-state index is -0.712. The molecule has 12 heteroatoms. The third kappa shape index (κ3) is 3.45. The number of nitrogens with one attached hydrogen (secondary N) is 2. The summed E-state index contributed by atoms with van der Waals surface area (Å²) >= 11 is 8.17. The lowest BCUT2D eigenvalue weighted by Gasteiger charge is -2.32. The normalized spacial score (nSPS) is 26.3. The van der Waals surface area contributed by atoms with Crippen LogP contribution in [0.25, 0.3) is 10.2 Å². The van der Waals surface area contributed by atoms with Crippen LogP contribution in [-0.4, -0.2) is 56.5 Å². The lowest BCUT2D eigenvalue weighted by atomic mass is 9.86. The number of fused-ring (bicyclic) bond motifs is 7. The Kier molecular flexibility index (Phi) is 5.19. The molecule has 6 heterocycles. The Hall–Kier alpha value is -3.02. The number of carbonyl (C=O) groups is 2. The van der Waals surface area contributed by atoms with E-state index in [0.717, 1.165) is 52.8 Å². The van der Waals surface area contributed by atoms with Crippen molar-refractivity contribution < 1.29 is 14.3 Å². The molecule has 10 nitrogen and oxygen atoms in total. The highest BCUT2D eigenvalue weighted by molar-refractivity contribution is 7.19. The Morgan fingerprint density at radius 3 is 2.87 bits per heavy atom. The van der Waals surface area contributed by atoms with Gasteiger partial charge in [0.05, 0.1) is 29.2 Å². The maximum Gasteiger partial charge on any atom is 0.276 e. The first-order valence-electron chi connectivity index (χ1n) is 13.6. The van der Waals surface area contributed by atoms with Gasteiger partial charge in [0.15, 0.2) is 0 Å². The van der Waals surface area contributed by atoms with Gasteiger partial charge in [0, 0.05) is 17.3 Å². The zero-order chi connectivity index (χ0) is 26.5. The predicted molar refractivity (Wildman–Crippen MR) is 146 cm³/mol. The molecule has 2 saturated heterocycles. The average Bonchev–Trinajstić information content (AvgIpc) is 3.75. The van der Waals surface area contributed by atoms with Crippen molar-refractivity contribution in [3.05, 3.63) is 43.9 Å². The van der Waals surface area contributed by atoms with E-state index >= 15 is 0 Å². The van der Waals surface area contributed by atoms with Gasteiger partial charge in [0.1, 0.15) is 34.0 Å². The SMILES string of the molecule is O=C1NC2(CCCC2)n2c1c(Cl)cc(Nc1ncnc3sc4c(c13)CC[C@H](C(=O)N1C[C@H]3C[C@@H]1CO3)C4)c2=O. The van der Waals surface area contributed by atoms with Crippen molar-refractivity contribution in [3.8, 4) is 0 Å². The summed E-state index contributed by atoms with van der Waals surface area (Å²) in [6.45, 7) is 1.36. The molecule has 0 aromatic carbocycles. The van der Waals surface area contributed by atoms with E-state index in [1.54, 1.807) is 15.9 Å². The fraction of sp³-hybridized carbons (Fsp3) is 0.519. The Morgan fingerprint density at radius 2 is 2.10 bits per heavy atom. The third-order valence-electron chi connectivity index (χ3n) is 9.21. The molecule has 3 aromatic rings. The first-order chi connectivity index (χ1) is 18.9. The lowest BCUT2D eigenvalue weighted by molar-refractivity contribution is -0.140. The monoisotopic (exact) mass is 566 g/mol. The number of hydrogen-bond donors (Lipinski definition) is 2. The van der Waals surface area contributed by atoms with Gasteiger partial charge in [-0.1, -0.05) is 11.6 Å². The molecule has 5 aliphatic rings. The van der Waals surface area contributed by atoms with Gasteiger partial charge in [-0.25, -0.2) is 9.97 Å². The highest BCUT2D eigenvalue weighted by Gasteiger charge is 2.47. The summed E-state index contributed by atoms with van der Waals surface area (Å²) in [5.41, 5.74) is 0.644. The first-order valence-corrected chi connectivity index (χ1v) is 14.8. The van der Waals surface area contributed by atoms with E-state index in [1.807, 2.05) is 4.90 Å². The first kappa shape index (κ1) is 23.8. The number of nitrogens with zero attached hydrogens (tertiary/aromatic N) is 4. The molecule has 3 aromatic heterocycles. The van der Waals surface area contributed by atoms with Crippen LogP contribution in [0.15, 0.2) is 17.2 Å². The van der Waals surface area contributed by atoms with Crippen LogP contribution in [0.2, 0.25) is 5.02 Å². The molecule has 2 aliphatic carbocycles. The number of pyridine rings is 1. The number of thiophene rings is 1. The number of rotatable bonds is 3. The molecule has 202 valence electrons. The fourth-order valence-corrected chi connectivity index (χ4v) is 8.92. The van der Waals surface area contributed by atoms with Crippen molar-refractivity contribution in [1.82, 2.24) is 24.8 Å². The maximum absolute atomic E-state index is 13.7. The summed E-state index contributed by atoms with van der Waals surface area (Å²) < 4.78 is 7.24. The Balaban J connectivity index is 1.13. The molecule has 2 bridgehead atoms. The standard InChI is InChI=1S/C27H27ClN6O4S/c28-17-9-18(26(37)34-21(17)23(35)32-27(34)5-1-2-6-27)31-22-20-16-4-3-13(7-19(16)39-24(20)30-12-29-22)25(36)33-10-15-8-14(33)11-38-15/h9,12-15H,1-8,10-11H2,(H,32,35)(H,29,30,31)/t13-,14+,15+/m0/s1. The second-order valence-corrected chi connectivity index (χ2v) is 12.9. The van der Waals surface area contributed by atoms with Gasteiger partial charge in [0.2, 0.25) is 5.91 Å². The topological polar surface area (TPSA) is 118 Å². The number of morpholine rings is 1. The Morgan fingerprint density at radius 1 is 1.26 bits per heavy atom. The number of likely N-dealkylation sites (tertiary alicyclic amines) is 1. The zero-order valence-corrected chi connectivity index (χ0v) is 22.7. The number of aromatic nitrogens is 3. The minimum Gasteiger partial charge on any atom is -0.374 e. The highest BCUT2D eigenvalue weighted by Crippen LogP contribution is 2.43. The van der Waals surface area contributed by atoms with E-state index in [4.69, 9.17) is 16.3 Å².